The van der Waals surface area contributed by atoms with Gasteiger partial charge in [-0.2, -0.15) is 51.6 Å². The van der Waals surface area contributed by atoms with Gasteiger partial charge in [0, 0.05) is 26.2 Å². The largest absolute Gasteiger partial charge is 0.399 e. The molecule has 14 heteroatoms. The van der Waals surface area contributed by atoms with Gasteiger partial charge in [0.1, 0.15) is 0 Å². The standard InChI is InChI=1S/C8H4F9Si.3C4H10O.Zr/c9-6(10,11)18(7(12,13)14,8(15,16)17)5-3-1-2-4-5;3*1-3-4(2)5;/h1-4H;3*4-5H,3H2,1-2H3;/q-1;;;;. The van der Waals surface area contributed by atoms with Gasteiger partial charge in [0.2, 0.25) is 0 Å². The zero-order valence-electron chi connectivity index (χ0n) is 19.9. The molecule has 0 aromatic heterocycles. The van der Waals surface area contributed by atoms with Crippen molar-refractivity contribution in [2.24, 2.45) is 0 Å². The quantitative estimate of drug-likeness (QED) is 0.233. The molecule has 1 aromatic carbocycles. The van der Waals surface area contributed by atoms with Gasteiger partial charge in [0.15, 0.2) is 0 Å². The second-order valence-corrected chi connectivity index (χ2v) is 11.0. The normalized spacial score (nSPS) is 14.5. The summed E-state index contributed by atoms with van der Waals surface area (Å²) >= 11 is 0. The number of hydrogen-bond donors (Lipinski definition) is 3. The molecule has 0 saturated heterocycles. The van der Waals surface area contributed by atoms with Crippen molar-refractivity contribution in [2.45, 2.75) is 96.5 Å². The molecular weight excluding hydrogens is 579 g/mol. The van der Waals surface area contributed by atoms with Crippen LogP contribution in [0.25, 0.3) is 0 Å². The van der Waals surface area contributed by atoms with Crippen LogP contribution in [0.5, 0.6) is 0 Å². The van der Waals surface area contributed by atoms with Crippen LogP contribution in [-0.4, -0.2) is 59.1 Å². The predicted octanol–water partition coefficient (Wildman–Crippen LogP) is 5.69. The minimum absolute atomic E-state index is 0. The third-order valence-electron chi connectivity index (χ3n) is 4.14. The number of hydrogen-bond acceptors (Lipinski definition) is 3. The van der Waals surface area contributed by atoms with Gasteiger partial charge in [0.25, 0.3) is 0 Å². The molecule has 3 N–H and O–H groups in total. The Labute approximate surface area is 214 Å². The molecule has 3 atom stereocenters. The van der Waals surface area contributed by atoms with Gasteiger partial charge in [-0.05, 0) is 40.0 Å². The summed E-state index contributed by atoms with van der Waals surface area (Å²) in [5, 5.41) is 23.3. The molecule has 0 aliphatic carbocycles. The van der Waals surface area contributed by atoms with Crippen molar-refractivity contribution in [2.75, 3.05) is 0 Å². The van der Waals surface area contributed by atoms with E-state index in [9.17, 15) is 39.5 Å². The molecule has 0 radical (unpaired) electrons. The van der Waals surface area contributed by atoms with E-state index in [0.29, 0.717) is 12.1 Å². The smallest absolute Gasteiger partial charge is 0.393 e. The third kappa shape index (κ3) is 14.3. The second kappa shape index (κ2) is 18.0. The van der Waals surface area contributed by atoms with Crippen molar-refractivity contribution in [3.8, 4) is 0 Å². The van der Waals surface area contributed by atoms with Gasteiger partial charge in [-0.15, -0.1) is 5.19 Å². The van der Waals surface area contributed by atoms with E-state index >= 15 is 0 Å². The van der Waals surface area contributed by atoms with Crippen LogP contribution in [-0.2, 0) is 26.2 Å². The summed E-state index contributed by atoms with van der Waals surface area (Å²) in [6.07, 6.45) is 2.24. The van der Waals surface area contributed by atoms with Crippen LogP contribution in [0.2, 0.25) is 0 Å². The van der Waals surface area contributed by atoms with Crippen LogP contribution >= 0.6 is 0 Å². The summed E-state index contributed by atoms with van der Waals surface area (Å²) in [6, 6.07) is 1.84. The summed E-state index contributed by atoms with van der Waals surface area (Å²) in [6.45, 7) is 11.2. The Morgan fingerprint density at radius 2 is 0.794 bits per heavy atom. The molecule has 0 heterocycles. The van der Waals surface area contributed by atoms with Gasteiger partial charge in [-0.25, -0.2) is 12.1 Å². The van der Waals surface area contributed by atoms with E-state index in [-0.39, 0.29) is 56.6 Å². The molecule has 0 fully saturated rings. The van der Waals surface area contributed by atoms with Crippen LogP contribution in [0.3, 0.4) is 0 Å². The fourth-order valence-corrected chi connectivity index (χ4v) is 4.24. The fourth-order valence-electron chi connectivity index (χ4n) is 1.60. The van der Waals surface area contributed by atoms with E-state index < -0.39 is 30.7 Å². The first-order valence-electron chi connectivity index (χ1n) is 10.1. The molecular formula is C20H34F9O3SiZr-. The van der Waals surface area contributed by atoms with E-state index in [2.05, 4.69) is 0 Å². The molecule has 0 saturated carbocycles. The van der Waals surface area contributed by atoms with Gasteiger partial charge in [-0.1, -0.05) is 20.8 Å². The summed E-state index contributed by atoms with van der Waals surface area (Å²) in [5.74, 6) is -19.2. The Hall–Kier alpha value is -0.300. The van der Waals surface area contributed by atoms with Crippen LogP contribution in [0.1, 0.15) is 60.8 Å². The SMILES string of the molecule is CCC(C)O.CCC(C)O.CCC(C)O.FC(F)(F)[Si]([c-]1cccc1)(C(F)(F)F)C(F)(F)F.[Zr]. The molecule has 1 aromatic rings. The number of aliphatic hydroxyl groups is 3. The average molecular weight is 613 g/mol. The van der Waals surface area contributed by atoms with Crippen molar-refractivity contribution in [3.63, 3.8) is 0 Å². The molecule has 0 aliphatic rings. The van der Waals surface area contributed by atoms with Crippen LogP contribution in [0.4, 0.5) is 39.5 Å². The first-order valence-corrected chi connectivity index (χ1v) is 12.1. The Balaban J connectivity index is -0.000000231. The van der Waals surface area contributed by atoms with Gasteiger partial charge < -0.3 is 15.3 Å². The molecule has 3 nitrogen and oxygen atoms in total. The summed E-state index contributed by atoms with van der Waals surface area (Å²) in [4.78, 5) is 0. The second-order valence-electron chi connectivity index (χ2n) is 7.19. The number of aliphatic hydroxyl groups excluding tert-OH is 3. The molecule has 0 bridgehead atoms. The zero-order valence-corrected chi connectivity index (χ0v) is 23.4. The summed E-state index contributed by atoms with van der Waals surface area (Å²) in [5.41, 5.74) is 0. The maximum absolute atomic E-state index is 12.6. The Morgan fingerprint density at radius 3 is 0.912 bits per heavy atom. The first-order chi connectivity index (χ1) is 14.7. The van der Waals surface area contributed by atoms with Crippen molar-refractivity contribution in [3.05, 3.63) is 24.3 Å². The molecule has 204 valence electrons. The molecule has 1 rings (SSSR count). The minimum Gasteiger partial charge on any atom is -0.393 e. The Kier molecular flexibility index (Phi) is 21.7. The summed E-state index contributed by atoms with van der Waals surface area (Å²) in [7, 11) is -7.72. The van der Waals surface area contributed by atoms with Crippen molar-refractivity contribution in [1.29, 1.82) is 0 Å². The van der Waals surface area contributed by atoms with Crippen molar-refractivity contribution >= 4 is 13.3 Å². The monoisotopic (exact) mass is 611 g/mol. The van der Waals surface area contributed by atoms with E-state index in [1.165, 1.54) is 0 Å². The van der Waals surface area contributed by atoms with Crippen molar-refractivity contribution < 1.29 is 81.0 Å². The molecule has 34 heavy (non-hydrogen) atoms. The number of alkyl halides is 9. The van der Waals surface area contributed by atoms with Crippen molar-refractivity contribution in [1.82, 2.24) is 0 Å². The summed E-state index contributed by atoms with van der Waals surface area (Å²) < 4.78 is 113. The average Bonchev–Trinajstić information content (AvgIpc) is 3.13. The number of halogens is 9. The maximum atomic E-state index is 12.6. The van der Waals surface area contributed by atoms with Crippen LogP contribution in [0, 0.1) is 0 Å². The van der Waals surface area contributed by atoms with E-state index in [1.54, 1.807) is 20.8 Å². The van der Waals surface area contributed by atoms with E-state index in [1.807, 2.05) is 20.8 Å². The molecule has 3 unspecified atom stereocenters. The Bertz CT molecular complexity index is 531. The van der Waals surface area contributed by atoms with Crippen LogP contribution in [0.15, 0.2) is 24.3 Å². The molecule has 0 spiro atoms. The van der Waals surface area contributed by atoms with Gasteiger partial charge in [-0.3, -0.25) is 0 Å². The van der Waals surface area contributed by atoms with Gasteiger partial charge in [0.05, 0.1) is 18.3 Å². The topological polar surface area (TPSA) is 60.7 Å². The molecule has 0 aliphatic heterocycles. The van der Waals surface area contributed by atoms with Gasteiger partial charge >= 0.3 is 25.5 Å². The van der Waals surface area contributed by atoms with Crippen LogP contribution < -0.4 is 5.19 Å². The first kappa shape index (κ1) is 40.9. The fraction of sp³-hybridized carbons (Fsp3) is 0.750. The maximum Gasteiger partial charge on any atom is 0.399 e. The number of rotatable bonds is 4. The third-order valence-corrected chi connectivity index (χ3v) is 7.89. The Morgan fingerprint density at radius 1 is 0.618 bits per heavy atom. The van der Waals surface area contributed by atoms with E-state index in [0.717, 1.165) is 19.3 Å². The zero-order chi connectivity index (χ0) is 27.3. The van der Waals surface area contributed by atoms with E-state index in [4.69, 9.17) is 15.3 Å². The predicted molar refractivity (Wildman–Crippen MR) is 112 cm³/mol. The molecule has 0 amide bonds. The minimum atomic E-state index is -7.72.